The van der Waals surface area contributed by atoms with Gasteiger partial charge in [0.15, 0.2) is 12.5 Å². The molecule has 4 N–H and O–H groups in total. The molecule has 0 fully saturated rings. The standard InChI is InChI=1S/C17H27N3O6/c1-16(2,3)26-15(22)20-9-11-5-14(25-10-24-4)19-8-12(11)6-17(20,23)13(21)7-18/h5,8,13,21,23H,6-7,9-10,18H2,1-4H3/t13-,17+/m1/s1. The van der Waals surface area contributed by atoms with Gasteiger partial charge in [-0.1, -0.05) is 0 Å². The van der Waals surface area contributed by atoms with Crippen LogP contribution in [0.15, 0.2) is 12.3 Å². The lowest BCUT2D eigenvalue weighted by Gasteiger charge is -2.46. The van der Waals surface area contributed by atoms with E-state index in [1.807, 2.05) is 0 Å². The van der Waals surface area contributed by atoms with Gasteiger partial charge in [0.25, 0.3) is 0 Å². The van der Waals surface area contributed by atoms with Gasteiger partial charge in [-0.05, 0) is 31.9 Å². The number of fused-ring (bicyclic) bond motifs is 1. The van der Waals surface area contributed by atoms with Crippen LogP contribution in [0.1, 0.15) is 31.9 Å². The van der Waals surface area contributed by atoms with Crippen molar-refractivity contribution in [2.45, 2.75) is 51.2 Å². The van der Waals surface area contributed by atoms with Crippen molar-refractivity contribution in [3.05, 3.63) is 23.4 Å². The summed E-state index contributed by atoms with van der Waals surface area (Å²) in [6, 6.07) is 1.67. The molecule has 2 rings (SSSR count). The minimum absolute atomic E-state index is 0.0175. The van der Waals surface area contributed by atoms with E-state index < -0.39 is 23.5 Å². The minimum atomic E-state index is -1.89. The Morgan fingerprint density at radius 1 is 1.46 bits per heavy atom. The van der Waals surface area contributed by atoms with E-state index in [9.17, 15) is 15.0 Å². The van der Waals surface area contributed by atoms with Crippen LogP contribution in [0.3, 0.4) is 0 Å². The summed E-state index contributed by atoms with van der Waals surface area (Å²) in [4.78, 5) is 17.9. The van der Waals surface area contributed by atoms with Gasteiger partial charge in [0.05, 0.1) is 6.54 Å². The van der Waals surface area contributed by atoms with Gasteiger partial charge in [0.2, 0.25) is 5.88 Å². The summed E-state index contributed by atoms with van der Waals surface area (Å²) in [7, 11) is 1.50. The first kappa shape index (κ1) is 20.4. The number of ether oxygens (including phenoxy) is 3. The van der Waals surface area contributed by atoms with Gasteiger partial charge in [0, 0.05) is 32.3 Å². The number of carbonyl (C=O) groups excluding carboxylic acids is 1. The number of aliphatic hydroxyl groups is 2. The molecule has 2 heterocycles. The molecule has 0 unspecified atom stereocenters. The van der Waals surface area contributed by atoms with E-state index in [0.29, 0.717) is 11.4 Å². The van der Waals surface area contributed by atoms with Crippen molar-refractivity contribution in [1.82, 2.24) is 9.88 Å². The van der Waals surface area contributed by atoms with Crippen LogP contribution in [0.25, 0.3) is 0 Å². The SMILES string of the molecule is COCOc1cc2c(cn1)C[C@](O)([C@H](O)CN)N(C(=O)OC(C)(C)C)C2. The lowest BCUT2D eigenvalue weighted by molar-refractivity contribution is -0.176. The molecule has 1 aromatic rings. The van der Waals surface area contributed by atoms with Crippen molar-refractivity contribution < 1.29 is 29.2 Å². The minimum Gasteiger partial charge on any atom is -0.451 e. The predicted octanol–water partition coefficient (Wildman–Crippen LogP) is 0.366. The first-order chi connectivity index (χ1) is 12.1. The van der Waals surface area contributed by atoms with E-state index in [1.54, 1.807) is 33.0 Å². The molecule has 0 saturated carbocycles. The molecule has 1 aliphatic rings. The third-order valence-corrected chi connectivity index (χ3v) is 4.00. The summed E-state index contributed by atoms with van der Waals surface area (Å²) in [5, 5.41) is 21.3. The number of pyridine rings is 1. The van der Waals surface area contributed by atoms with Gasteiger partial charge in [0.1, 0.15) is 11.7 Å². The summed E-state index contributed by atoms with van der Waals surface area (Å²) in [6.45, 7) is 5.01. The van der Waals surface area contributed by atoms with Crippen LogP contribution in [-0.2, 0) is 22.4 Å². The van der Waals surface area contributed by atoms with Crippen molar-refractivity contribution in [1.29, 1.82) is 0 Å². The number of amides is 1. The van der Waals surface area contributed by atoms with E-state index in [2.05, 4.69) is 4.98 Å². The molecular weight excluding hydrogens is 342 g/mol. The highest BCUT2D eigenvalue weighted by Crippen LogP contribution is 2.34. The Morgan fingerprint density at radius 3 is 2.73 bits per heavy atom. The Hall–Kier alpha value is -1.94. The maximum absolute atomic E-state index is 12.6. The number of aromatic nitrogens is 1. The molecule has 0 aromatic carbocycles. The molecular formula is C17H27N3O6. The van der Waals surface area contributed by atoms with Gasteiger partial charge < -0.3 is 30.2 Å². The number of aliphatic hydroxyl groups excluding tert-OH is 1. The highest BCUT2D eigenvalue weighted by molar-refractivity contribution is 5.70. The summed E-state index contributed by atoms with van der Waals surface area (Å²) in [6.07, 6.45) is -0.569. The highest BCUT2D eigenvalue weighted by atomic mass is 16.7. The zero-order valence-corrected chi connectivity index (χ0v) is 15.6. The van der Waals surface area contributed by atoms with Crippen LogP contribution in [0.4, 0.5) is 4.79 Å². The summed E-state index contributed by atoms with van der Waals surface area (Å²) in [5.41, 5.74) is 4.31. The molecule has 0 saturated heterocycles. The Labute approximate surface area is 152 Å². The molecule has 9 heteroatoms. The maximum Gasteiger partial charge on any atom is 0.412 e. The Balaban J connectivity index is 2.36. The van der Waals surface area contributed by atoms with E-state index in [-0.39, 0.29) is 26.3 Å². The van der Waals surface area contributed by atoms with Crippen LogP contribution in [0, 0.1) is 0 Å². The van der Waals surface area contributed by atoms with Crippen LogP contribution in [0.2, 0.25) is 0 Å². The van der Waals surface area contributed by atoms with Crippen LogP contribution in [0.5, 0.6) is 5.88 Å². The lowest BCUT2D eigenvalue weighted by atomic mass is 9.89. The third kappa shape index (κ3) is 4.42. The van der Waals surface area contributed by atoms with E-state index in [1.165, 1.54) is 7.11 Å². The molecule has 2 atom stereocenters. The number of nitrogens with zero attached hydrogens (tertiary/aromatic N) is 2. The van der Waals surface area contributed by atoms with Crippen molar-refractivity contribution in [3.63, 3.8) is 0 Å². The molecule has 146 valence electrons. The number of hydrogen-bond donors (Lipinski definition) is 3. The van der Waals surface area contributed by atoms with Crippen LogP contribution < -0.4 is 10.5 Å². The zero-order chi connectivity index (χ0) is 19.5. The number of methoxy groups -OCH3 is 1. The van der Waals surface area contributed by atoms with E-state index >= 15 is 0 Å². The fourth-order valence-corrected chi connectivity index (χ4v) is 2.72. The molecule has 1 aliphatic heterocycles. The molecule has 1 amide bonds. The quantitative estimate of drug-likeness (QED) is 0.635. The lowest BCUT2D eigenvalue weighted by Crippen LogP contribution is -2.64. The molecule has 0 radical (unpaired) electrons. The molecule has 0 spiro atoms. The topological polar surface area (TPSA) is 127 Å². The van der Waals surface area contributed by atoms with Crippen molar-refractivity contribution in [2.24, 2.45) is 5.73 Å². The Kier molecular flexibility index (Phi) is 6.07. The second-order valence-electron chi connectivity index (χ2n) is 7.22. The third-order valence-electron chi connectivity index (χ3n) is 4.00. The van der Waals surface area contributed by atoms with Crippen molar-refractivity contribution >= 4 is 6.09 Å². The Bertz CT molecular complexity index is 648. The smallest absolute Gasteiger partial charge is 0.412 e. The predicted molar refractivity (Wildman–Crippen MR) is 92.2 cm³/mol. The van der Waals surface area contributed by atoms with Gasteiger partial charge in [-0.25, -0.2) is 9.78 Å². The monoisotopic (exact) mass is 369 g/mol. The average Bonchev–Trinajstić information content (AvgIpc) is 2.56. The van der Waals surface area contributed by atoms with Gasteiger partial charge in [-0.3, -0.25) is 4.90 Å². The summed E-state index contributed by atoms with van der Waals surface area (Å²) >= 11 is 0. The van der Waals surface area contributed by atoms with Crippen molar-refractivity contribution in [2.75, 3.05) is 20.4 Å². The second kappa shape index (κ2) is 7.75. The molecule has 0 aliphatic carbocycles. The molecule has 0 bridgehead atoms. The summed E-state index contributed by atoms with van der Waals surface area (Å²) in [5.74, 6) is 0.333. The first-order valence-corrected chi connectivity index (χ1v) is 8.31. The average molecular weight is 369 g/mol. The van der Waals surface area contributed by atoms with Crippen LogP contribution >= 0.6 is 0 Å². The van der Waals surface area contributed by atoms with Gasteiger partial charge in [-0.15, -0.1) is 0 Å². The molecule has 26 heavy (non-hydrogen) atoms. The van der Waals surface area contributed by atoms with Gasteiger partial charge >= 0.3 is 6.09 Å². The molecule has 9 nitrogen and oxygen atoms in total. The Morgan fingerprint density at radius 2 is 2.15 bits per heavy atom. The maximum atomic E-state index is 12.6. The second-order valence-corrected chi connectivity index (χ2v) is 7.22. The highest BCUT2D eigenvalue weighted by Gasteiger charge is 2.48. The number of carbonyl (C=O) groups is 1. The fraction of sp³-hybridized carbons (Fsp3) is 0.647. The molecule has 1 aromatic heterocycles. The van der Waals surface area contributed by atoms with E-state index in [0.717, 1.165) is 10.5 Å². The largest absolute Gasteiger partial charge is 0.451 e. The van der Waals surface area contributed by atoms with Crippen molar-refractivity contribution in [3.8, 4) is 5.88 Å². The normalized spacial score (nSPS) is 21.1. The van der Waals surface area contributed by atoms with Gasteiger partial charge in [-0.2, -0.15) is 0 Å². The number of nitrogens with two attached hydrogens (primary N) is 1. The first-order valence-electron chi connectivity index (χ1n) is 8.31. The fourth-order valence-electron chi connectivity index (χ4n) is 2.72. The number of hydrogen-bond acceptors (Lipinski definition) is 8. The summed E-state index contributed by atoms with van der Waals surface area (Å²) < 4.78 is 15.6. The van der Waals surface area contributed by atoms with E-state index in [4.69, 9.17) is 19.9 Å². The number of rotatable bonds is 5. The zero-order valence-electron chi connectivity index (χ0n) is 15.6. The van der Waals surface area contributed by atoms with Crippen LogP contribution in [-0.4, -0.2) is 64.1 Å².